The highest BCUT2D eigenvalue weighted by Gasteiger charge is 2.10. The Kier molecular flexibility index (Phi) is 9.66. The second kappa shape index (κ2) is 12.0. The summed E-state index contributed by atoms with van der Waals surface area (Å²) in [4.78, 5) is 26.1. The number of guanidine groups is 1. The summed E-state index contributed by atoms with van der Waals surface area (Å²) in [6.45, 7) is 10.5. The molecule has 2 rings (SSSR count). The number of thiazole rings is 1. The quantitative estimate of drug-likeness (QED) is 0.353. The van der Waals surface area contributed by atoms with Crippen molar-refractivity contribution in [1.29, 1.82) is 0 Å². The zero-order valence-corrected chi connectivity index (χ0v) is 18.4. The van der Waals surface area contributed by atoms with Gasteiger partial charge in [0.25, 0.3) is 0 Å². The van der Waals surface area contributed by atoms with Crippen LogP contribution in [0.1, 0.15) is 22.0 Å². The maximum Gasteiger partial charge on any atom is 0.243 e. The van der Waals surface area contributed by atoms with E-state index < -0.39 is 0 Å². The van der Waals surface area contributed by atoms with Crippen LogP contribution >= 0.6 is 11.3 Å². The Labute approximate surface area is 172 Å². The van der Waals surface area contributed by atoms with Gasteiger partial charge in [-0.2, -0.15) is 0 Å². The van der Waals surface area contributed by atoms with E-state index in [4.69, 9.17) is 4.74 Å². The number of likely N-dealkylation sites (N-methyl/N-ethyl adjacent to an activating group) is 1. The molecule has 0 saturated carbocycles. The molecule has 1 fully saturated rings. The maximum atomic E-state index is 11.9. The second-order valence-electron chi connectivity index (χ2n) is 7.11. The summed E-state index contributed by atoms with van der Waals surface area (Å²) in [5.74, 6) is 0.669. The van der Waals surface area contributed by atoms with Crippen LogP contribution in [-0.4, -0.2) is 93.2 Å². The van der Waals surface area contributed by atoms with Gasteiger partial charge >= 0.3 is 0 Å². The van der Waals surface area contributed by atoms with Gasteiger partial charge in [0.05, 0.1) is 23.9 Å². The highest BCUT2D eigenvalue weighted by atomic mass is 32.1. The number of ether oxygens (including phenoxy) is 1. The minimum absolute atomic E-state index is 0.0133. The summed E-state index contributed by atoms with van der Waals surface area (Å²) in [5, 5.41) is 7.80. The summed E-state index contributed by atoms with van der Waals surface area (Å²) >= 11 is 1.74. The monoisotopic (exact) mass is 410 g/mol. The number of morpholine rings is 1. The topological polar surface area (TPSA) is 82.1 Å². The molecule has 9 heteroatoms. The molecular formula is C19H34N6O2S. The third kappa shape index (κ3) is 8.12. The van der Waals surface area contributed by atoms with Crippen LogP contribution in [0.25, 0.3) is 0 Å². The number of aliphatic imine (C=N–C) groups is 1. The van der Waals surface area contributed by atoms with Gasteiger partial charge in [0.1, 0.15) is 6.54 Å². The lowest BCUT2D eigenvalue weighted by atomic mass is 10.3. The van der Waals surface area contributed by atoms with Crippen molar-refractivity contribution in [3.63, 3.8) is 0 Å². The van der Waals surface area contributed by atoms with Crippen LogP contribution in [0.3, 0.4) is 0 Å². The first-order valence-corrected chi connectivity index (χ1v) is 10.7. The van der Waals surface area contributed by atoms with E-state index in [0.29, 0.717) is 5.96 Å². The number of hydrogen-bond donors (Lipinski definition) is 2. The summed E-state index contributed by atoms with van der Waals surface area (Å²) in [6, 6.07) is 0. The first kappa shape index (κ1) is 22.6. The Morgan fingerprint density at radius 3 is 2.61 bits per heavy atom. The molecule has 1 aliphatic heterocycles. The molecule has 1 aromatic heterocycles. The zero-order chi connectivity index (χ0) is 20.4. The Morgan fingerprint density at radius 2 is 1.96 bits per heavy atom. The summed E-state index contributed by atoms with van der Waals surface area (Å²) < 4.78 is 5.38. The van der Waals surface area contributed by atoms with Crippen molar-refractivity contribution in [2.24, 2.45) is 4.99 Å². The van der Waals surface area contributed by atoms with Crippen molar-refractivity contribution in [2.45, 2.75) is 26.7 Å². The first-order valence-electron chi connectivity index (χ1n) is 9.91. The third-order valence-electron chi connectivity index (χ3n) is 4.62. The Hall–Kier alpha value is -1.71. The molecule has 2 N–H and O–H groups in total. The van der Waals surface area contributed by atoms with Crippen LogP contribution in [0.2, 0.25) is 0 Å². The molecular weight excluding hydrogens is 376 g/mol. The van der Waals surface area contributed by atoms with Crippen molar-refractivity contribution in [3.8, 4) is 0 Å². The molecule has 1 aliphatic rings. The normalized spacial score (nSPS) is 15.5. The number of nitrogens with one attached hydrogen (secondary N) is 2. The highest BCUT2D eigenvalue weighted by Crippen LogP contribution is 2.16. The van der Waals surface area contributed by atoms with Gasteiger partial charge in [-0.05, 0) is 26.8 Å². The number of nitrogens with zero attached hydrogens (tertiary/aromatic N) is 4. The predicted octanol–water partition coefficient (Wildman–Crippen LogP) is 0.648. The molecule has 1 saturated heterocycles. The van der Waals surface area contributed by atoms with E-state index in [0.717, 1.165) is 69.5 Å². The number of amides is 1. The molecule has 1 aromatic rings. The smallest absolute Gasteiger partial charge is 0.243 e. The fraction of sp³-hybridized carbons (Fsp3) is 0.737. The van der Waals surface area contributed by atoms with Crippen LogP contribution in [0.5, 0.6) is 0 Å². The molecule has 0 bridgehead atoms. The average molecular weight is 411 g/mol. The Bertz CT molecular complexity index is 621. The number of aromatic nitrogens is 1. The van der Waals surface area contributed by atoms with Crippen molar-refractivity contribution in [1.82, 2.24) is 25.4 Å². The number of carbonyl (C=O) groups excluding carboxylic acids is 1. The van der Waals surface area contributed by atoms with Gasteiger partial charge in [0.2, 0.25) is 5.91 Å². The van der Waals surface area contributed by atoms with E-state index in [1.165, 1.54) is 4.88 Å². The van der Waals surface area contributed by atoms with Gasteiger partial charge in [-0.3, -0.25) is 9.69 Å². The van der Waals surface area contributed by atoms with Gasteiger partial charge in [-0.15, -0.1) is 11.3 Å². The minimum Gasteiger partial charge on any atom is -0.379 e. The lowest BCUT2D eigenvalue weighted by Gasteiger charge is -2.26. The van der Waals surface area contributed by atoms with Gasteiger partial charge in [-0.25, -0.2) is 9.98 Å². The molecule has 158 valence electrons. The van der Waals surface area contributed by atoms with Crippen LogP contribution in [0, 0.1) is 13.8 Å². The largest absolute Gasteiger partial charge is 0.379 e. The lowest BCUT2D eigenvalue weighted by molar-refractivity contribution is -0.127. The number of aryl methyl sites for hydroxylation is 2. The van der Waals surface area contributed by atoms with E-state index in [1.807, 2.05) is 6.92 Å². The molecule has 0 aromatic carbocycles. The van der Waals surface area contributed by atoms with Crippen LogP contribution in [0.15, 0.2) is 4.99 Å². The molecule has 0 atom stereocenters. The molecule has 28 heavy (non-hydrogen) atoms. The first-order chi connectivity index (χ1) is 13.5. The zero-order valence-electron chi connectivity index (χ0n) is 17.6. The Morgan fingerprint density at radius 1 is 1.25 bits per heavy atom. The van der Waals surface area contributed by atoms with Gasteiger partial charge in [0.15, 0.2) is 5.96 Å². The van der Waals surface area contributed by atoms with E-state index in [2.05, 4.69) is 32.4 Å². The molecule has 2 heterocycles. The van der Waals surface area contributed by atoms with Crippen molar-refractivity contribution in [2.75, 3.05) is 66.6 Å². The highest BCUT2D eigenvalue weighted by molar-refractivity contribution is 7.11. The van der Waals surface area contributed by atoms with Gasteiger partial charge in [0, 0.05) is 51.6 Å². The van der Waals surface area contributed by atoms with E-state index >= 15 is 0 Å². The molecule has 0 spiro atoms. The number of hydrogen-bond acceptors (Lipinski definition) is 6. The standard InChI is InChI=1S/C19H34N6O2S/c1-15-16(2)28-17(23-15)6-8-21-19(22-14-18(26)24(3)4)20-7-5-9-25-10-12-27-13-11-25/h5-14H2,1-4H3,(H2,20,21,22). The Balaban J connectivity index is 1.77. The van der Waals surface area contributed by atoms with E-state index in [9.17, 15) is 4.79 Å². The fourth-order valence-electron chi connectivity index (χ4n) is 2.73. The summed E-state index contributed by atoms with van der Waals surface area (Å²) in [6.07, 6.45) is 1.86. The van der Waals surface area contributed by atoms with Crippen molar-refractivity contribution < 1.29 is 9.53 Å². The average Bonchev–Trinajstić information content (AvgIpc) is 3.00. The van der Waals surface area contributed by atoms with E-state index in [1.54, 1.807) is 30.3 Å². The van der Waals surface area contributed by atoms with E-state index in [-0.39, 0.29) is 12.5 Å². The molecule has 8 nitrogen and oxygen atoms in total. The van der Waals surface area contributed by atoms with Crippen LogP contribution in [0.4, 0.5) is 0 Å². The minimum atomic E-state index is -0.0133. The lowest BCUT2D eigenvalue weighted by Crippen LogP contribution is -2.41. The predicted molar refractivity (Wildman–Crippen MR) is 114 cm³/mol. The second-order valence-corrected chi connectivity index (χ2v) is 8.40. The van der Waals surface area contributed by atoms with Crippen LogP contribution < -0.4 is 10.6 Å². The number of rotatable bonds is 9. The molecule has 0 radical (unpaired) electrons. The van der Waals surface area contributed by atoms with Crippen LogP contribution in [-0.2, 0) is 16.0 Å². The van der Waals surface area contributed by atoms with Gasteiger partial charge < -0.3 is 20.3 Å². The SMILES string of the molecule is Cc1nc(CCNC(=NCC(=O)N(C)C)NCCCN2CCOCC2)sc1C. The van der Waals surface area contributed by atoms with Gasteiger partial charge in [-0.1, -0.05) is 0 Å². The van der Waals surface area contributed by atoms with Crippen molar-refractivity contribution in [3.05, 3.63) is 15.6 Å². The maximum absolute atomic E-state index is 11.9. The third-order valence-corrected chi connectivity index (χ3v) is 5.76. The molecule has 0 unspecified atom stereocenters. The molecule has 1 amide bonds. The molecule has 0 aliphatic carbocycles. The van der Waals surface area contributed by atoms with Crippen molar-refractivity contribution >= 4 is 23.2 Å². The summed E-state index contributed by atoms with van der Waals surface area (Å²) in [5.41, 5.74) is 1.10. The number of carbonyl (C=O) groups is 1. The summed E-state index contributed by atoms with van der Waals surface area (Å²) in [7, 11) is 3.49. The fourth-order valence-corrected chi connectivity index (χ4v) is 3.66.